The lowest BCUT2D eigenvalue weighted by molar-refractivity contribution is 0.100. The van der Waals surface area contributed by atoms with Crippen molar-refractivity contribution in [1.29, 1.82) is 0 Å². The molecule has 1 saturated heterocycles. The number of likely N-dealkylation sites (tertiary alicyclic amines) is 1. The number of hydrogen-bond donors (Lipinski definition) is 1. The lowest BCUT2D eigenvalue weighted by atomic mass is 10.1. The first-order valence-corrected chi connectivity index (χ1v) is 7.43. The molecule has 1 aromatic rings. The molecule has 1 heterocycles. The van der Waals surface area contributed by atoms with E-state index in [0.29, 0.717) is 18.1 Å². The van der Waals surface area contributed by atoms with E-state index < -0.39 is 5.91 Å². The van der Waals surface area contributed by atoms with Gasteiger partial charge in [-0.3, -0.25) is 4.79 Å². The summed E-state index contributed by atoms with van der Waals surface area (Å²) in [6, 6.07) is 6.94. The Kier molecular flexibility index (Phi) is 6.02. The van der Waals surface area contributed by atoms with Crippen molar-refractivity contribution in [3.05, 3.63) is 29.8 Å². The molecular weight excluding hydrogens is 268 g/mol. The van der Waals surface area contributed by atoms with Crippen LogP contribution in [0.25, 0.3) is 0 Å². The predicted octanol–water partition coefficient (Wildman–Crippen LogP) is 1.52. The smallest absolute Gasteiger partial charge is 0.248 e. The summed E-state index contributed by atoms with van der Waals surface area (Å²) in [6.07, 6.45) is 2.22. The molecular formula is C16H24N2O3. The Labute approximate surface area is 126 Å². The fourth-order valence-electron chi connectivity index (χ4n) is 2.68. The zero-order chi connectivity index (χ0) is 15.1. The van der Waals surface area contributed by atoms with Crippen LogP contribution in [0.3, 0.4) is 0 Å². The Morgan fingerprint density at radius 3 is 2.81 bits per heavy atom. The highest BCUT2D eigenvalue weighted by molar-refractivity contribution is 5.92. The molecule has 0 spiro atoms. The second-order valence-electron chi connectivity index (χ2n) is 5.50. The topological polar surface area (TPSA) is 64.8 Å². The summed E-state index contributed by atoms with van der Waals surface area (Å²) >= 11 is 0. The quantitative estimate of drug-likeness (QED) is 0.738. The summed E-state index contributed by atoms with van der Waals surface area (Å²) in [5.74, 6) is 1.04. The van der Waals surface area contributed by atoms with Gasteiger partial charge in [0, 0.05) is 25.8 Å². The molecule has 1 aromatic carbocycles. The van der Waals surface area contributed by atoms with E-state index in [0.717, 1.165) is 38.4 Å². The molecule has 0 aromatic heterocycles. The molecule has 0 saturated carbocycles. The van der Waals surface area contributed by atoms with Crippen LogP contribution >= 0.6 is 0 Å². The summed E-state index contributed by atoms with van der Waals surface area (Å²) in [7, 11) is 1.76. The van der Waals surface area contributed by atoms with Gasteiger partial charge in [0.15, 0.2) is 0 Å². The van der Waals surface area contributed by atoms with E-state index in [9.17, 15) is 4.79 Å². The van der Waals surface area contributed by atoms with E-state index in [-0.39, 0.29) is 0 Å². The van der Waals surface area contributed by atoms with Gasteiger partial charge in [-0.2, -0.15) is 0 Å². The summed E-state index contributed by atoms with van der Waals surface area (Å²) in [6.45, 7) is 4.88. The van der Waals surface area contributed by atoms with Crippen LogP contribution in [0, 0.1) is 5.92 Å². The fraction of sp³-hybridized carbons (Fsp3) is 0.562. The number of carbonyl (C=O) groups excluding carboxylic acids is 1. The van der Waals surface area contributed by atoms with Crippen LogP contribution in [0.5, 0.6) is 5.75 Å². The summed E-state index contributed by atoms with van der Waals surface area (Å²) < 4.78 is 10.9. The normalized spacial score (nSPS) is 18.8. The predicted molar refractivity (Wildman–Crippen MR) is 81.5 cm³/mol. The number of hydrogen-bond acceptors (Lipinski definition) is 4. The molecule has 21 heavy (non-hydrogen) atoms. The average molecular weight is 292 g/mol. The number of rotatable bonds is 8. The minimum absolute atomic E-state index is 0.416. The second-order valence-corrected chi connectivity index (χ2v) is 5.50. The Hall–Kier alpha value is -1.59. The van der Waals surface area contributed by atoms with Gasteiger partial charge < -0.3 is 20.1 Å². The lowest BCUT2D eigenvalue weighted by Crippen LogP contribution is -2.24. The maximum absolute atomic E-state index is 11.0. The first-order valence-electron chi connectivity index (χ1n) is 7.43. The van der Waals surface area contributed by atoms with Gasteiger partial charge in [-0.15, -0.1) is 0 Å². The summed E-state index contributed by atoms with van der Waals surface area (Å²) in [5, 5.41) is 0. The van der Waals surface area contributed by atoms with Crippen LogP contribution in [0.15, 0.2) is 24.3 Å². The summed E-state index contributed by atoms with van der Waals surface area (Å²) in [4.78, 5) is 13.4. The van der Waals surface area contributed by atoms with E-state index >= 15 is 0 Å². The van der Waals surface area contributed by atoms with Crippen molar-refractivity contribution in [2.24, 2.45) is 11.7 Å². The molecule has 2 rings (SSSR count). The van der Waals surface area contributed by atoms with Crippen molar-refractivity contribution in [3.8, 4) is 5.75 Å². The maximum atomic E-state index is 11.0. The zero-order valence-electron chi connectivity index (χ0n) is 12.6. The van der Waals surface area contributed by atoms with E-state index in [1.54, 1.807) is 31.4 Å². The number of carbonyl (C=O) groups is 1. The van der Waals surface area contributed by atoms with Gasteiger partial charge in [0.25, 0.3) is 0 Å². The Balaban J connectivity index is 1.62. The highest BCUT2D eigenvalue weighted by Gasteiger charge is 2.21. The van der Waals surface area contributed by atoms with E-state index in [4.69, 9.17) is 15.2 Å². The van der Waals surface area contributed by atoms with Crippen molar-refractivity contribution in [1.82, 2.24) is 4.90 Å². The molecule has 0 aliphatic carbocycles. The highest BCUT2D eigenvalue weighted by Crippen LogP contribution is 2.17. The van der Waals surface area contributed by atoms with Crippen LogP contribution in [-0.4, -0.2) is 50.8 Å². The van der Waals surface area contributed by atoms with Crippen molar-refractivity contribution in [2.75, 3.05) is 40.0 Å². The van der Waals surface area contributed by atoms with Crippen LogP contribution in [0.1, 0.15) is 23.2 Å². The largest absolute Gasteiger partial charge is 0.494 e. The van der Waals surface area contributed by atoms with Gasteiger partial charge in [-0.05, 0) is 49.6 Å². The molecule has 1 amide bonds. The Morgan fingerprint density at radius 1 is 1.38 bits per heavy atom. The van der Waals surface area contributed by atoms with Gasteiger partial charge in [-0.25, -0.2) is 0 Å². The van der Waals surface area contributed by atoms with Crippen LogP contribution in [0.4, 0.5) is 0 Å². The van der Waals surface area contributed by atoms with Gasteiger partial charge in [-0.1, -0.05) is 0 Å². The molecule has 1 aliphatic heterocycles. The zero-order valence-corrected chi connectivity index (χ0v) is 12.6. The van der Waals surface area contributed by atoms with Crippen molar-refractivity contribution < 1.29 is 14.3 Å². The van der Waals surface area contributed by atoms with Crippen molar-refractivity contribution >= 4 is 5.91 Å². The number of primary amides is 1. The first kappa shape index (κ1) is 15.8. The standard InChI is InChI=1S/C16H24N2O3/c1-20-12-13-7-9-18(11-13)8-2-10-21-15-5-3-14(4-6-15)16(17)19/h3-6,13H,2,7-12H2,1H3,(H2,17,19)/t13-/m0/s1. The van der Waals surface area contributed by atoms with E-state index in [2.05, 4.69) is 4.90 Å². The molecule has 0 radical (unpaired) electrons. The Bertz CT molecular complexity index is 447. The third-order valence-electron chi connectivity index (χ3n) is 3.80. The molecule has 1 atom stereocenters. The van der Waals surface area contributed by atoms with Crippen molar-refractivity contribution in [3.63, 3.8) is 0 Å². The number of ether oxygens (including phenoxy) is 2. The van der Waals surface area contributed by atoms with E-state index in [1.165, 1.54) is 6.42 Å². The van der Waals surface area contributed by atoms with Crippen molar-refractivity contribution in [2.45, 2.75) is 12.8 Å². The molecule has 116 valence electrons. The molecule has 2 N–H and O–H groups in total. The van der Waals surface area contributed by atoms with E-state index in [1.807, 2.05) is 0 Å². The van der Waals surface area contributed by atoms with Gasteiger partial charge in [0.2, 0.25) is 5.91 Å². The van der Waals surface area contributed by atoms with Gasteiger partial charge in [0.05, 0.1) is 13.2 Å². The molecule has 0 unspecified atom stereocenters. The van der Waals surface area contributed by atoms with Crippen LogP contribution in [0.2, 0.25) is 0 Å². The SMILES string of the molecule is COC[C@H]1CCN(CCCOc2ccc(C(N)=O)cc2)C1. The highest BCUT2D eigenvalue weighted by atomic mass is 16.5. The first-order chi connectivity index (χ1) is 10.2. The third-order valence-corrected chi connectivity index (χ3v) is 3.80. The van der Waals surface area contributed by atoms with Crippen LogP contribution in [-0.2, 0) is 4.74 Å². The number of methoxy groups -OCH3 is 1. The lowest BCUT2D eigenvalue weighted by Gasteiger charge is -2.16. The molecule has 1 fully saturated rings. The fourth-order valence-corrected chi connectivity index (χ4v) is 2.68. The molecule has 5 nitrogen and oxygen atoms in total. The average Bonchev–Trinajstić information content (AvgIpc) is 2.92. The monoisotopic (exact) mass is 292 g/mol. The third kappa shape index (κ3) is 5.02. The number of nitrogens with zero attached hydrogens (tertiary/aromatic N) is 1. The maximum Gasteiger partial charge on any atom is 0.248 e. The number of nitrogens with two attached hydrogens (primary N) is 1. The van der Waals surface area contributed by atoms with Gasteiger partial charge >= 0.3 is 0 Å². The Morgan fingerprint density at radius 2 is 2.14 bits per heavy atom. The molecule has 0 bridgehead atoms. The minimum atomic E-state index is -0.416. The second kappa shape index (κ2) is 8.00. The van der Waals surface area contributed by atoms with Gasteiger partial charge in [0.1, 0.15) is 5.75 Å². The number of amides is 1. The number of benzene rings is 1. The minimum Gasteiger partial charge on any atom is -0.494 e. The van der Waals surface area contributed by atoms with Crippen LogP contribution < -0.4 is 10.5 Å². The molecule has 1 aliphatic rings. The molecule has 5 heteroatoms. The summed E-state index contributed by atoms with van der Waals surface area (Å²) in [5.41, 5.74) is 5.70.